The molecule has 0 aliphatic carbocycles. The summed E-state index contributed by atoms with van der Waals surface area (Å²) in [5.41, 5.74) is 0.832. The third-order valence-electron chi connectivity index (χ3n) is 7.49. The van der Waals surface area contributed by atoms with Gasteiger partial charge in [-0.05, 0) is 49.2 Å². The molecule has 0 bridgehead atoms. The van der Waals surface area contributed by atoms with Gasteiger partial charge in [-0.25, -0.2) is 4.79 Å². The second-order valence-corrected chi connectivity index (χ2v) is 9.58. The molecule has 3 heterocycles. The Labute approximate surface area is 216 Å². The number of hydrogen-bond donors (Lipinski definition) is 1. The Bertz CT molecular complexity index is 1110. The highest BCUT2D eigenvalue weighted by molar-refractivity contribution is 5.97. The number of para-hydroxylation sites is 1. The van der Waals surface area contributed by atoms with Crippen molar-refractivity contribution in [2.75, 3.05) is 69.9 Å². The number of methoxy groups -OCH3 is 1. The zero-order valence-electron chi connectivity index (χ0n) is 21.1. The third kappa shape index (κ3) is 5.06. The van der Waals surface area contributed by atoms with Crippen molar-refractivity contribution in [2.24, 2.45) is 0 Å². The molecule has 3 aliphatic heterocycles. The van der Waals surface area contributed by atoms with E-state index in [4.69, 9.17) is 9.47 Å². The number of hydrogen-bond acceptors (Lipinski definition) is 6. The van der Waals surface area contributed by atoms with Crippen molar-refractivity contribution in [3.8, 4) is 5.75 Å². The van der Waals surface area contributed by atoms with Gasteiger partial charge in [0.25, 0.3) is 5.91 Å². The molecular weight excluding hydrogens is 474 g/mol. The molecule has 3 fully saturated rings. The van der Waals surface area contributed by atoms with Gasteiger partial charge in [0.2, 0.25) is 5.91 Å². The Morgan fingerprint density at radius 1 is 0.946 bits per heavy atom. The predicted molar refractivity (Wildman–Crippen MR) is 138 cm³/mol. The highest BCUT2D eigenvalue weighted by Crippen LogP contribution is 2.39. The molecule has 196 valence electrons. The van der Waals surface area contributed by atoms with E-state index in [0.29, 0.717) is 64.6 Å². The fraction of sp³-hybridized carbons (Fsp3) is 0.444. The maximum absolute atomic E-state index is 13.9. The maximum Gasteiger partial charge on any atom is 0.321 e. The molecule has 10 nitrogen and oxygen atoms in total. The molecule has 37 heavy (non-hydrogen) atoms. The number of ether oxygens (including phenoxy) is 2. The molecule has 0 atom stereocenters. The molecule has 3 saturated heterocycles. The molecule has 3 aliphatic rings. The van der Waals surface area contributed by atoms with E-state index in [1.54, 1.807) is 46.1 Å². The van der Waals surface area contributed by atoms with Crippen molar-refractivity contribution >= 4 is 29.2 Å². The van der Waals surface area contributed by atoms with Crippen LogP contribution in [0, 0.1) is 0 Å². The minimum atomic E-state index is -0.788. The Balaban J connectivity index is 1.29. The van der Waals surface area contributed by atoms with Gasteiger partial charge in [0.1, 0.15) is 17.8 Å². The van der Waals surface area contributed by atoms with Crippen molar-refractivity contribution in [3.63, 3.8) is 0 Å². The first-order valence-corrected chi connectivity index (χ1v) is 12.7. The molecule has 1 N–H and O–H groups in total. The number of anilines is 2. The lowest BCUT2D eigenvalue weighted by Gasteiger charge is -2.43. The van der Waals surface area contributed by atoms with Gasteiger partial charge in [-0.15, -0.1) is 0 Å². The molecule has 2 aromatic rings. The third-order valence-corrected chi connectivity index (χ3v) is 7.49. The monoisotopic (exact) mass is 507 g/mol. The summed E-state index contributed by atoms with van der Waals surface area (Å²) >= 11 is 0. The first-order valence-electron chi connectivity index (χ1n) is 12.7. The van der Waals surface area contributed by atoms with E-state index in [9.17, 15) is 14.4 Å². The number of urea groups is 1. The summed E-state index contributed by atoms with van der Waals surface area (Å²) in [6.07, 6.45) is 0.970. The molecule has 5 rings (SSSR count). The lowest BCUT2D eigenvalue weighted by atomic mass is 9.85. The average Bonchev–Trinajstić information content (AvgIpc) is 3.20. The first-order chi connectivity index (χ1) is 18.0. The van der Waals surface area contributed by atoms with E-state index in [2.05, 4.69) is 10.2 Å². The summed E-state index contributed by atoms with van der Waals surface area (Å²) < 4.78 is 10.5. The topological polar surface area (TPSA) is 94.7 Å². The Morgan fingerprint density at radius 2 is 1.62 bits per heavy atom. The van der Waals surface area contributed by atoms with Crippen molar-refractivity contribution < 1.29 is 23.9 Å². The highest BCUT2D eigenvalue weighted by atomic mass is 16.5. The molecular formula is C27H33N5O5. The Kier molecular flexibility index (Phi) is 7.18. The maximum atomic E-state index is 13.9. The number of nitrogens with one attached hydrogen (secondary N) is 1. The van der Waals surface area contributed by atoms with Crippen LogP contribution >= 0.6 is 0 Å². The second kappa shape index (κ2) is 10.7. The van der Waals surface area contributed by atoms with Crippen molar-refractivity contribution in [1.82, 2.24) is 14.7 Å². The van der Waals surface area contributed by atoms with Gasteiger partial charge < -0.3 is 34.4 Å². The number of rotatable bonds is 5. The quantitative estimate of drug-likeness (QED) is 0.667. The van der Waals surface area contributed by atoms with Crippen molar-refractivity contribution in [1.29, 1.82) is 0 Å². The van der Waals surface area contributed by atoms with E-state index < -0.39 is 5.54 Å². The van der Waals surface area contributed by atoms with Crippen LogP contribution in [-0.2, 0) is 14.3 Å². The summed E-state index contributed by atoms with van der Waals surface area (Å²) in [7, 11) is 1.60. The van der Waals surface area contributed by atoms with Crippen LogP contribution in [0.15, 0.2) is 54.6 Å². The number of amides is 4. The number of piperidine rings is 1. The first kappa shape index (κ1) is 24.9. The van der Waals surface area contributed by atoms with Gasteiger partial charge in [-0.2, -0.15) is 0 Å². The Morgan fingerprint density at radius 3 is 2.27 bits per heavy atom. The van der Waals surface area contributed by atoms with Gasteiger partial charge >= 0.3 is 6.03 Å². The van der Waals surface area contributed by atoms with Gasteiger partial charge in [-0.3, -0.25) is 9.59 Å². The summed E-state index contributed by atoms with van der Waals surface area (Å²) in [6.45, 7) is 3.40. The largest absolute Gasteiger partial charge is 0.497 e. The SMILES string of the molecule is COc1ccc(NC(=O)N2CCC3(CC2)C(=O)N(CC(=O)N2CCOCC2)CN3c2ccccc2)cc1. The van der Waals surface area contributed by atoms with Crippen LogP contribution in [-0.4, -0.2) is 97.8 Å². The van der Waals surface area contributed by atoms with Crippen LogP contribution in [0.1, 0.15) is 12.8 Å². The van der Waals surface area contributed by atoms with Crippen molar-refractivity contribution in [2.45, 2.75) is 18.4 Å². The number of likely N-dealkylation sites (tertiary alicyclic amines) is 1. The van der Waals surface area contributed by atoms with E-state index in [1.165, 1.54) is 0 Å². The lowest BCUT2D eigenvalue weighted by Crippen LogP contribution is -2.58. The van der Waals surface area contributed by atoms with E-state index in [1.807, 2.05) is 30.3 Å². The summed E-state index contributed by atoms with van der Waals surface area (Å²) in [5, 5.41) is 2.93. The lowest BCUT2D eigenvalue weighted by molar-refractivity contribution is -0.143. The molecule has 4 amide bonds. The fourth-order valence-corrected chi connectivity index (χ4v) is 5.35. The van der Waals surface area contributed by atoms with Gasteiger partial charge in [0, 0.05) is 37.6 Å². The normalized spacial score (nSPS) is 19.3. The van der Waals surface area contributed by atoms with Crippen LogP contribution in [0.25, 0.3) is 0 Å². The molecule has 10 heteroatoms. The van der Waals surface area contributed by atoms with Gasteiger partial charge in [-0.1, -0.05) is 18.2 Å². The molecule has 0 aromatic heterocycles. The Hall–Kier alpha value is -3.79. The zero-order chi connectivity index (χ0) is 25.8. The summed E-state index contributed by atoms with van der Waals surface area (Å²) in [5.74, 6) is 0.613. The van der Waals surface area contributed by atoms with Crippen LogP contribution in [0.4, 0.5) is 16.2 Å². The number of nitrogens with zero attached hydrogens (tertiary/aromatic N) is 4. The average molecular weight is 508 g/mol. The number of morpholine rings is 1. The standard InChI is InChI=1S/C27H33N5O5/c1-36-23-9-7-21(8-10-23)28-26(35)30-13-11-27(12-14-30)25(34)31(19-24(33)29-15-17-37-18-16-29)20-32(27)22-5-3-2-4-6-22/h2-10H,11-20H2,1H3,(H,28,35). The van der Waals surface area contributed by atoms with E-state index >= 15 is 0 Å². The molecule has 1 spiro atoms. The van der Waals surface area contributed by atoms with Crippen LogP contribution in [0.3, 0.4) is 0 Å². The van der Waals surface area contributed by atoms with E-state index in [-0.39, 0.29) is 24.4 Å². The van der Waals surface area contributed by atoms with Crippen molar-refractivity contribution in [3.05, 3.63) is 54.6 Å². The number of benzene rings is 2. The number of carbonyl (C=O) groups is 3. The summed E-state index contributed by atoms with van der Waals surface area (Å²) in [4.78, 5) is 47.1. The van der Waals surface area contributed by atoms with Gasteiger partial charge in [0.05, 0.1) is 27.0 Å². The van der Waals surface area contributed by atoms with Gasteiger partial charge in [0.15, 0.2) is 0 Å². The second-order valence-electron chi connectivity index (χ2n) is 9.58. The number of carbonyl (C=O) groups excluding carboxylic acids is 3. The smallest absolute Gasteiger partial charge is 0.321 e. The highest BCUT2D eigenvalue weighted by Gasteiger charge is 2.54. The molecule has 0 radical (unpaired) electrons. The van der Waals surface area contributed by atoms with Crippen LogP contribution in [0.2, 0.25) is 0 Å². The molecule has 0 saturated carbocycles. The molecule has 0 unspecified atom stereocenters. The summed E-state index contributed by atoms with van der Waals surface area (Å²) in [6, 6.07) is 16.8. The minimum absolute atomic E-state index is 0.0472. The zero-order valence-corrected chi connectivity index (χ0v) is 21.1. The van der Waals surface area contributed by atoms with Crippen LogP contribution in [0.5, 0.6) is 5.75 Å². The van der Waals surface area contributed by atoms with Crippen LogP contribution < -0.4 is 15.0 Å². The molecule has 2 aromatic carbocycles. The van der Waals surface area contributed by atoms with E-state index in [0.717, 1.165) is 11.4 Å². The minimum Gasteiger partial charge on any atom is -0.497 e. The predicted octanol–water partition coefficient (Wildman–Crippen LogP) is 2.23. The fourth-order valence-electron chi connectivity index (χ4n) is 5.35.